The van der Waals surface area contributed by atoms with Gasteiger partial charge in [-0.1, -0.05) is 62.7 Å². The number of carbonyl (C=O) groups excluding carboxylic acids is 2. The number of aromatic nitrogens is 3. The zero-order valence-corrected chi connectivity index (χ0v) is 29.3. The molecule has 0 spiro atoms. The van der Waals surface area contributed by atoms with Crippen LogP contribution in [0.3, 0.4) is 0 Å². The Labute approximate surface area is 301 Å². The van der Waals surface area contributed by atoms with E-state index in [2.05, 4.69) is 10.4 Å². The molecule has 0 aliphatic carbocycles. The van der Waals surface area contributed by atoms with E-state index in [0.717, 1.165) is 34.9 Å². The zero-order chi connectivity index (χ0) is 38.5. The highest BCUT2D eigenvalue weighted by Crippen LogP contribution is 2.34. The monoisotopic (exact) mass is 755 g/mol. The van der Waals surface area contributed by atoms with Gasteiger partial charge in [-0.3, -0.25) is 14.2 Å². The molecule has 5 rings (SSSR count). The lowest BCUT2D eigenvalue weighted by molar-refractivity contribution is -0.137. The van der Waals surface area contributed by atoms with E-state index in [1.54, 1.807) is 6.92 Å². The number of rotatable bonds is 13. The standard InChI is InChI=1S/C37H34F5N5O5S/c1-3-5-14-33-44-47(31-21-24(34(48)43-19-4-2)17-18-28(31)37(40,41)42)36(50)46(33)22-25-16-15-23(20-30(25)39)26-10-7-9-13-32(26)53(51,52)45-35(49)27-11-6-8-12-29(27)38/h6-13,15-18,20-21H,3-5,14,19,22H2,1-2H3,(H,43,48)(H,45,49). The van der Waals surface area contributed by atoms with Gasteiger partial charge in [-0.2, -0.15) is 17.9 Å². The molecule has 5 aromatic rings. The second kappa shape index (κ2) is 15.9. The smallest absolute Gasteiger partial charge is 0.352 e. The number of nitrogens with one attached hydrogen (secondary N) is 2. The van der Waals surface area contributed by atoms with E-state index in [0.29, 0.717) is 30.0 Å². The lowest BCUT2D eigenvalue weighted by atomic mass is 10.0. The van der Waals surface area contributed by atoms with Crippen LogP contribution in [-0.4, -0.2) is 41.1 Å². The van der Waals surface area contributed by atoms with Crippen molar-refractivity contribution in [1.82, 2.24) is 24.4 Å². The average Bonchev–Trinajstić information content (AvgIpc) is 3.43. The number of carbonyl (C=O) groups is 2. The number of hydrogen-bond donors (Lipinski definition) is 2. The van der Waals surface area contributed by atoms with Gasteiger partial charge in [0, 0.05) is 29.7 Å². The van der Waals surface area contributed by atoms with E-state index in [-0.39, 0.29) is 41.0 Å². The van der Waals surface area contributed by atoms with Crippen molar-refractivity contribution in [3.05, 3.63) is 135 Å². The Bertz CT molecular complexity index is 2340. The van der Waals surface area contributed by atoms with Crippen LogP contribution < -0.4 is 15.7 Å². The Morgan fingerprint density at radius 3 is 2.25 bits per heavy atom. The van der Waals surface area contributed by atoms with Crippen molar-refractivity contribution < 1.29 is 40.0 Å². The van der Waals surface area contributed by atoms with Crippen molar-refractivity contribution in [2.75, 3.05) is 6.54 Å². The first-order valence-electron chi connectivity index (χ1n) is 16.5. The number of unbranched alkanes of at least 4 members (excludes halogenated alkanes) is 1. The van der Waals surface area contributed by atoms with Crippen LogP contribution in [0.4, 0.5) is 22.0 Å². The van der Waals surface area contributed by atoms with E-state index < -0.39 is 73.6 Å². The van der Waals surface area contributed by atoms with Gasteiger partial charge in [0.15, 0.2) is 0 Å². The van der Waals surface area contributed by atoms with Gasteiger partial charge in [0.2, 0.25) is 0 Å². The molecule has 0 unspecified atom stereocenters. The molecular weight excluding hydrogens is 721 g/mol. The lowest BCUT2D eigenvalue weighted by Gasteiger charge is -2.14. The molecule has 0 fully saturated rings. The predicted octanol–water partition coefficient (Wildman–Crippen LogP) is 6.65. The van der Waals surface area contributed by atoms with E-state index in [1.165, 1.54) is 48.5 Å². The SMILES string of the molecule is CCCCc1nn(-c2cc(C(=O)NCCC)ccc2C(F)(F)F)c(=O)n1Cc1ccc(-c2ccccc2S(=O)(=O)NC(=O)c2ccccc2F)cc1F. The minimum absolute atomic E-state index is 0.00272. The number of aryl methyl sites for hydroxylation is 1. The number of hydrogen-bond acceptors (Lipinski definition) is 6. The third kappa shape index (κ3) is 8.54. The molecule has 2 N–H and O–H groups in total. The number of amides is 2. The Kier molecular flexibility index (Phi) is 11.6. The molecule has 0 aliphatic rings. The molecule has 53 heavy (non-hydrogen) atoms. The van der Waals surface area contributed by atoms with Gasteiger partial charge in [0.05, 0.1) is 28.3 Å². The fraction of sp³-hybridized carbons (Fsp3) is 0.243. The largest absolute Gasteiger partial charge is 0.418 e. The Morgan fingerprint density at radius 2 is 1.57 bits per heavy atom. The van der Waals surface area contributed by atoms with Crippen LogP contribution in [0.5, 0.6) is 0 Å². The zero-order valence-electron chi connectivity index (χ0n) is 28.5. The van der Waals surface area contributed by atoms with Gasteiger partial charge in [0.25, 0.3) is 21.8 Å². The summed E-state index contributed by atoms with van der Waals surface area (Å²) in [5, 5.41) is 6.81. The molecule has 0 aliphatic heterocycles. The molecule has 0 bridgehead atoms. The third-order valence-electron chi connectivity index (χ3n) is 8.24. The number of sulfonamides is 1. The number of nitrogens with zero attached hydrogens (tertiary/aromatic N) is 3. The molecular formula is C37H34F5N5O5S. The average molecular weight is 756 g/mol. The molecule has 0 saturated carbocycles. The summed E-state index contributed by atoms with van der Waals surface area (Å²) < 4.78 is 103. The maximum absolute atomic E-state index is 15.8. The van der Waals surface area contributed by atoms with Crippen LogP contribution in [0.1, 0.15) is 70.8 Å². The van der Waals surface area contributed by atoms with E-state index in [1.807, 2.05) is 11.6 Å². The van der Waals surface area contributed by atoms with Gasteiger partial charge in [-0.25, -0.2) is 26.7 Å². The first-order chi connectivity index (χ1) is 25.2. The highest BCUT2D eigenvalue weighted by molar-refractivity contribution is 7.90. The summed E-state index contributed by atoms with van der Waals surface area (Å²) in [4.78, 5) is 38.7. The molecule has 2 amide bonds. The second-order valence-electron chi connectivity index (χ2n) is 12.0. The van der Waals surface area contributed by atoms with Crippen LogP contribution in [0.25, 0.3) is 16.8 Å². The minimum atomic E-state index is -4.91. The van der Waals surface area contributed by atoms with Crippen LogP contribution in [-0.2, 0) is 29.2 Å². The fourth-order valence-electron chi connectivity index (χ4n) is 5.53. The molecule has 0 radical (unpaired) electrons. The lowest BCUT2D eigenvalue weighted by Crippen LogP contribution is -2.31. The summed E-state index contributed by atoms with van der Waals surface area (Å²) in [6.07, 6.45) is -3.01. The van der Waals surface area contributed by atoms with Crippen LogP contribution in [0.15, 0.2) is 94.6 Å². The quantitative estimate of drug-likeness (QED) is 0.130. The van der Waals surface area contributed by atoms with E-state index >= 15 is 4.39 Å². The number of alkyl halides is 3. The molecule has 278 valence electrons. The predicted molar refractivity (Wildman–Crippen MR) is 186 cm³/mol. The maximum Gasteiger partial charge on any atom is 0.418 e. The van der Waals surface area contributed by atoms with Crippen LogP contribution in [0.2, 0.25) is 0 Å². The third-order valence-corrected chi connectivity index (χ3v) is 9.63. The second-order valence-corrected chi connectivity index (χ2v) is 13.7. The van der Waals surface area contributed by atoms with Gasteiger partial charge in [0.1, 0.15) is 17.5 Å². The topological polar surface area (TPSA) is 132 Å². The molecule has 1 heterocycles. The first kappa shape index (κ1) is 38.6. The number of halogens is 5. The van der Waals surface area contributed by atoms with Crippen molar-refractivity contribution in [3.63, 3.8) is 0 Å². The van der Waals surface area contributed by atoms with Crippen molar-refractivity contribution in [2.45, 2.75) is 57.1 Å². The van der Waals surface area contributed by atoms with Crippen LogP contribution in [0, 0.1) is 11.6 Å². The Balaban J connectivity index is 1.52. The molecule has 0 atom stereocenters. The van der Waals surface area contributed by atoms with Crippen molar-refractivity contribution in [2.24, 2.45) is 0 Å². The van der Waals surface area contributed by atoms with Gasteiger partial charge < -0.3 is 5.32 Å². The fourth-order valence-corrected chi connectivity index (χ4v) is 6.73. The molecule has 10 nitrogen and oxygen atoms in total. The summed E-state index contributed by atoms with van der Waals surface area (Å²) >= 11 is 0. The molecule has 4 aromatic carbocycles. The van der Waals surface area contributed by atoms with Gasteiger partial charge in [-0.05, 0) is 60.9 Å². The molecule has 0 saturated heterocycles. The van der Waals surface area contributed by atoms with E-state index in [4.69, 9.17) is 0 Å². The highest BCUT2D eigenvalue weighted by atomic mass is 32.2. The maximum atomic E-state index is 15.8. The van der Waals surface area contributed by atoms with Gasteiger partial charge >= 0.3 is 11.9 Å². The molecule has 1 aromatic heterocycles. The van der Waals surface area contributed by atoms with Crippen LogP contribution >= 0.6 is 0 Å². The highest BCUT2D eigenvalue weighted by Gasteiger charge is 2.36. The van der Waals surface area contributed by atoms with Crippen molar-refractivity contribution in [1.29, 1.82) is 0 Å². The Hall–Kier alpha value is -5.64. The van der Waals surface area contributed by atoms with Crippen molar-refractivity contribution >= 4 is 21.8 Å². The van der Waals surface area contributed by atoms with Gasteiger partial charge in [-0.15, -0.1) is 5.10 Å². The summed E-state index contributed by atoms with van der Waals surface area (Å²) in [5.41, 5.74) is -3.47. The van der Waals surface area contributed by atoms with E-state index in [9.17, 15) is 40.4 Å². The summed E-state index contributed by atoms with van der Waals surface area (Å²) in [6.45, 7) is 3.51. The minimum Gasteiger partial charge on any atom is -0.352 e. The van der Waals surface area contributed by atoms with Crippen molar-refractivity contribution in [3.8, 4) is 16.8 Å². The summed E-state index contributed by atoms with van der Waals surface area (Å²) in [6, 6.07) is 16.6. The first-order valence-corrected chi connectivity index (χ1v) is 18.0. The number of benzene rings is 4. The summed E-state index contributed by atoms with van der Waals surface area (Å²) in [7, 11) is -4.60. The summed E-state index contributed by atoms with van der Waals surface area (Å²) in [5.74, 6) is -3.58. The Morgan fingerprint density at radius 1 is 0.849 bits per heavy atom. The normalized spacial score (nSPS) is 11.8. The molecule has 16 heteroatoms.